The van der Waals surface area contributed by atoms with Gasteiger partial charge in [0.1, 0.15) is 29.7 Å². The number of aromatic amines is 1. The number of para-hydroxylation sites is 1. The fraction of sp³-hybridized carbons (Fsp3) is 0.476. The molecular weight excluding hydrogens is 372 g/mol. The fourth-order valence-electron chi connectivity index (χ4n) is 3.90. The highest BCUT2D eigenvalue weighted by Crippen LogP contribution is 2.30. The first-order valence-corrected chi connectivity index (χ1v) is 10.8. The number of benzene rings is 1. The fourth-order valence-corrected chi connectivity index (χ4v) is 4.27. The molecule has 1 aliphatic heterocycles. The minimum Gasteiger partial charge on any atom is -0.492 e. The molecule has 0 aliphatic carbocycles. The van der Waals surface area contributed by atoms with E-state index in [-0.39, 0.29) is 5.56 Å². The van der Waals surface area contributed by atoms with Crippen molar-refractivity contribution in [3.63, 3.8) is 0 Å². The minimum atomic E-state index is -0.428. The second-order valence-corrected chi connectivity index (χ2v) is 8.26. The smallest absolute Gasteiger partial charge is 0.270 e. The van der Waals surface area contributed by atoms with Crippen LogP contribution in [0.3, 0.4) is 0 Å². The van der Waals surface area contributed by atoms with E-state index in [0.29, 0.717) is 40.6 Å². The van der Waals surface area contributed by atoms with Crippen LogP contribution in [0.15, 0.2) is 34.2 Å². The van der Waals surface area contributed by atoms with Gasteiger partial charge in [0.15, 0.2) is 5.16 Å². The van der Waals surface area contributed by atoms with E-state index in [9.17, 15) is 10.1 Å². The van der Waals surface area contributed by atoms with Gasteiger partial charge in [0.2, 0.25) is 0 Å². The van der Waals surface area contributed by atoms with Crippen LogP contribution < -0.4 is 10.3 Å². The lowest BCUT2D eigenvalue weighted by Crippen LogP contribution is -2.40. The second kappa shape index (κ2) is 9.26. The molecule has 28 heavy (non-hydrogen) atoms. The molecule has 1 N–H and O–H groups in total. The Balaban J connectivity index is 1.80. The highest BCUT2D eigenvalue weighted by Gasteiger charge is 2.22. The standard InChI is InChI=1S/C21H26N4O2S/c1-14-10-15(2)13-25(12-14)8-9-27-18-7-5-4-6-16(18)19-17(11-22)20(26)24-21(23-19)28-3/h4-7,14-15H,8-10,12-13H2,1-3H3,(H,23,24,26). The third-order valence-electron chi connectivity index (χ3n) is 4.95. The number of hydrogen-bond acceptors (Lipinski definition) is 6. The number of likely N-dealkylation sites (tertiary alicyclic amines) is 1. The van der Waals surface area contributed by atoms with Gasteiger partial charge >= 0.3 is 0 Å². The van der Waals surface area contributed by atoms with E-state index in [1.54, 1.807) is 0 Å². The molecule has 0 bridgehead atoms. The lowest BCUT2D eigenvalue weighted by Gasteiger charge is -2.34. The van der Waals surface area contributed by atoms with Gasteiger partial charge in [0.05, 0.1) is 0 Å². The monoisotopic (exact) mass is 398 g/mol. The van der Waals surface area contributed by atoms with E-state index in [2.05, 4.69) is 28.7 Å². The molecule has 1 aliphatic rings. The first kappa shape index (κ1) is 20.4. The molecular formula is C21H26N4O2S. The number of thioether (sulfide) groups is 1. The van der Waals surface area contributed by atoms with Crippen molar-refractivity contribution in [2.24, 2.45) is 11.8 Å². The maximum atomic E-state index is 12.2. The normalized spacial score (nSPS) is 19.9. The molecule has 3 rings (SSSR count). The van der Waals surface area contributed by atoms with Gasteiger partial charge in [-0.25, -0.2) is 4.98 Å². The average Bonchev–Trinajstić information content (AvgIpc) is 2.67. The number of piperidine rings is 1. The summed E-state index contributed by atoms with van der Waals surface area (Å²) in [6.07, 6.45) is 3.11. The molecule has 0 radical (unpaired) electrons. The Morgan fingerprint density at radius 2 is 2.04 bits per heavy atom. The SMILES string of the molecule is CSc1nc(-c2ccccc2OCCN2CC(C)CC(C)C2)c(C#N)c(=O)[nH]1. The predicted octanol–water partition coefficient (Wildman–Crippen LogP) is 3.39. The highest BCUT2D eigenvalue weighted by molar-refractivity contribution is 7.98. The zero-order valence-corrected chi connectivity index (χ0v) is 17.4. The molecule has 1 saturated heterocycles. The molecule has 148 valence electrons. The summed E-state index contributed by atoms with van der Waals surface area (Å²) in [5.74, 6) is 2.06. The summed E-state index contributed by atoms with van der Waals surface area (Å²) in [4.78, 5) is 21.8. The van der Waals surface area contributed by atoms with E-state index < -0.39 is 5.56 Å². The number of H-pyrrole nitrogens is 1. The Hall–Kier alpha value is -2.30. The van der Waals surface area contributed by atoms with Gasteiger partial charge in [-0.1, -0.05) is 37.7 Å². The van der Waals surface area contributed by atoms with Crippen molar-refractivity contribution < 1.29 is 4.74 Å². The zero-order chi connectivity index (χ0) is 20.1. The number of nitriles is 1. The Morgan fingerprint density at radius 1 is 1.32 bits per heavy atom. The summed E-state index contributed by atoms with van der Waals surface area (Å²) in [5, 5.41) is 9.92. The number of hydrogen-bond donors (Lipinski definition) is 1. The summed E-state index contributed by atoms with van der Waals surface area (Å²) >= 11 is 1.33. The van der Waals surface area contributed by atoms with Crippen molar-refractivity contribution in [2.75, 3.05) is 32.5 Å². The lowest BCUT2D eigenvalue weighted by atomic mass is 9.92. The van der Waals surface area contributed by atoms with Crippen LogP contribution >= 0.6 is 11.8 Å². The Labute approximate surface area is 169 Å². The molecule has 0 spiro atoms. The van der Waals surface area contributed by atoms with Crippen molar-refractivity contribution >= 4 is 11.8 Å². The van der Waals surface area contributed by atoms with E-state index >= 15 is 0 Å². The van der Waals surface area contributed by atoms with Crippen molar-refractivity contribution in [3.05, 3.63) is 40.2 Å². The number of nitrogens with one attached hydrogen (secondary N) is 1. The number of rotatable bonds is 6. The first-order chi connectivity index (χ1) is 13.5. The van der Waals surface area contributed by atoms with Crippen molar-refractivity contribution in [2.45, 2.75) is 25.4 Å². The van der Waals surface area contributed by atoms with E-state index in [4.69, 9.17) is 4.74 Å². The maximum Gasteiger partial charge on any atom is 0.270 e. The Bertz CT molecular complexity index is 911. The third-order valence-corrected chi connectivity index (χ3v) is 5.53. The van der Waals surface area contributed by atoms with Crippen molar-refractivity contribution in [1.29, 1.82) is 5.26 Å². The van der Waals surface area contributed by atoms with Crippen LogP contribution in [0.25, 0.3) is 11.3 Å². The van der Waals surface area contributed by atoms with Gasteiger partial charge in [-0.2, -0.15) is 5.26 Å². The third kappa shape index (κ3) is 4.75. The van der Waals surface area contributed by atoms with Gasteiger partial charge < -0.3 is 9.72 Å². The lowest BCUT2D eigenvalue weighted by molar-refractivity contribution is 0.121. The van der Waals surface area contributed by atoms with Gasteiger partial charge in [0.25, 0.3) is 5.56 Å². The van der Waals surface area contributed by atoms with E-state index in [0.717, 1.165) is 19.6 Å². The van der Waals surface area contributed by atoms with Crippen LogP contribution in [0, 0.1) is 23.2 Å². The highest BCUT2D eigenvalue weighted by atomic mass is 32.2. The molecule has 6 nitrogen and oxygen atoms in total. The molecule has 2 atom stereocenters. The van der Waals surface area contributed by atoms with Crippen LogP contribution in [0.4, 0.5) is 0 Å². The van der Waals surface area contributed by atoms with Gasteiger partial charge in [-0.05, 0) is 36.6 Å². The van der Waals surface area contributed by atoms with Crippen LogP contribution in [0.5, 0.6) is 5.75 Å². The molecule has 7 heteroatoms. The average molecular weight is 399 g/mol. The van der Waals surface area contributed by atoms with Crippen LogP contribution in [0.2, 0.25) is 0 Å². The molecule has 1 aromatic carbocycles. The maximum absolute atomic E-state index is 12.2. The zero-order valence-electron chi connectivity index (χ0n) is 16.6. The molecule has 2 unspecified atom stereocenters. The number of nitrogens with zero attached hydrogens (tertiary/aromatic N) is 3. The summed E-state index contributed by atoms with van der Waals surface area (Å²) in [7, 11) is 0. The predicted molar refractivity (Wildman–Crippen MR) is 112 cm³/mol. The largest absolute Gasteiger partial charge is 0.492 e. The molecule has 2 heterocycles. The minimum absolute atomic E-state index is 0.00697. The number of aromatic nitrogens is 2. The van der Waals surface area contributed by atoms with Gasteiger partial charge in [0, 0.05) is 25.2 Å². The molecule has 2 aromatic rings. The van der Waals surface area contributed by atoms with Gasteiger partial charge in [-0.15, -0.1) is 0 Å². The molecule has 0 amide bonds. The summed E-state index contributed by atoms with van der Waals surface area (Å²) < 4.78 is 6.07. The number of ether oxygens (including phenoxy) is 1. The van der Waals surface area contributed by atoms with Crippen LogP contribution in [-0.2, 0) is 0 Å². The quantitative estimate of drug-likeness (QED) is 0.593. The van der Waals surface area contributed by atoms with Crippen LogP contribution in [0.1, 0.15) is 25.8 Å². The van der Waals surface area contributed by atoms with Gasteiger partial charge in [-0.3, -0.25) is 9.69 Å². The summed E-state index contributed by atoms with van der Waals surface area (Å²) in [6, 6.07) is 9.43. The Morgan fingerprint density at radius 3 is 2.71 bits per heavy atom. The first-order valence-electron chi connectivity index (χ1n) is 9.54. The Kier molecular flexibility index (Phi) is 6.76. The van der Waals surface area contributed by atoms with Crippen molar-refractivity contribution in [3.8, 4) is 23.1 Å². The summed E-state index contributed by atoms with van der Waals surface area (Å²) in [5.41, 5.74) is 0.614. The molecule has 1 fully saturated rings. The molecule has 1 aromatic heterocycles. The van der Waals surface area contributed by atoms with Crippen LogP contribution in [-0.4, -0.2) is 47.4 Å². The topological polar surface area (TPSA) is 82.0 Å². The van der Waals surface area contributed by atoms with E-state index in [1.807, 2.05) is 36.6 Å². The van der Waals surface area contributed by atoms with Crippen molar-refractivity contribution in [1.82, 2.24) is 14.9 Å². The summed E-state index contributed by atoms with van der Waals surface area (Å²) in [6.45, 7) is 8.19. The van der Waals surface area contributed by atoms with E-state index in [1.165, 1.54) is 18.2 Å². The molecule has 0 saturated carbocycles. The second-order valence-electron chi connectivity index (χ2n) is 7.46.